The molecule has 0 spiro atoms. The standard InChI is InChI=1S/C10H15NS/c1-8(4-3-5-11)10-6-9(2)12-7-10/h4,6-7H,3,5,11H2,1-2H3. The van der Waals surface area contributed by atoms with E-state index in [1.165, 1.54) is 16.0 Å². The fraction of sp³-hybridized carbons (Fsp3) is 0.400. The number of nitrogens with two attached hydrogens (primary N) is 1. The molecular formula is C10H15NS. The minimum Gasteiger partial charge on any atom is -0.330 e. The van der Waals surface area contributed by atoms with Gasteiger partial charge in [-0.05, 0) is 49.4 Å². The first kappa shape index (κ1) is 9.49. The van der Waals surface area contributed by atoms with E-state index in [-0.39, 0.29) is 0 Å². The second-order valence-corrected chi connectivity index (χ2v) is 4.03. The van der Waals surface area contributed by atoms with Gasteiger partial charge in [0.05, 0.1) is 0 Å². The molecule has 2 heteroatoms. The van der Waals surface area contributed by atoms with Crippen LogP contribution >= 0.6 is 11.3 Å². The van der Waals surface area contributed by atoms with Crippen molar-refractivity contribution in [1.82, 2.24) is 0 Å². The van der Waals surface area contributed by atoms with E-state index in [2.05, 4.69) is 31.4 Å². The zero-order valence-electron chi connectivity index (χ0n) is 7.63. The van der Waals surface area contributed by atoms with Crippen molar-refractivity contribution in [2.45, 2.75) is 20.3 Å². The summed E-state index contributed by atoms with van der Waals surface area (Å²) in [5.74, 6) is 0. The van der Waals surface area contributed by atoms with Crippen LogP contribution in [0.2, 0.25) is 0 Å². The van der Waals surface area contributed by atoms with E-state index in [4.69, 9.17) is 5.73 Å². The van der Waals surface area contributed by atoms with E-state index in [1.54, 1.807) is 11.3 Å². The number of thiophene rings is 1. The van der Waals surface area contributed by atoms with Crippen molar-refractivity contribution >= 4 is 16.9 Å². The van der Waals surface area contributed by atoms with Gasteiger partial charge in [-0.3, -0.25) is 0 Å². The summed E-state index contributed by atoms with van der Waals surface area (Å²) in [6.45, 7) is 5.00. The van der Waals surface area contributed by atoms with E-state index in [1.807, 2.05) is 0 Å². The van der Waals surface area contributed by atoms with Gasteiger partial charge in [0.25, 0.3) is 0 Å². The van der Waals surface area contributed by atoms with Crippen molar-refractivity contribution in [3.63, 3.8) is 0 Å². The average Bonchev–Trinajstić information content (AvgIpc) is 2.47. The molecule has 1 aromatic rings. The lowest BCUT2D eigenvalue weighted by molar-refractivity contribution is 1.01. The Labute approximate surface area is 77.9 Å². The maximum absolute atomic E-state index is 5.42. The lowest BCUT2D eigenvalue weighted by Gasteiger charge is -1.95. The molecule has 0 amide bonds. The van der Waals surface area contributed by atoms with E-state index < -0.39 is 0 Å². The first-order valence-corrected chi connectivity index (χ1v) is 5.04. The topological polar surface area (TPSA) is 26.0 Å². The molecule has 0 bridgehead atoms. The molecule has 0 radical (unpaired) electrons. The SMILES string of the molecule is CC(=CCCN)c1csc(C)c1. The van der Waals surface area contributed by atoms with Gasteiger partial charge < -0.3 is 5.73 Å². The molecule has 1 rings (SSSR count). The molecule has 1 heterocycles. The van der Waals surface area contributed by atoms with E-state index >= 15 is 0 Å². The Balaban J connectivity index is 2.70. The summed E-state index contributed by atoms with van der Waals surface area (Å²) in [4.78, 5) is 1.37. The molecular weight excluding hydrogens is 166 g/mol. The van der Waals surface area contributed by atoms with Crippen LogP contribution in [0.25, 0.3) is 5.57 Å². The van der Waals surface area contributed by atoms with Crippen LogP contribution in [-0.4, -0.2) is 6.54 Å². The van der Waals surface area contributed by atoms with Crippen molar-refractivity contribution < 1.29 is 0 Å². The molecule has 0 aliphatic carbocycles. The van der Waals surface area contributed by atoms with E-state index in [9.17, 15) is 0 Å². The third-order valence-corrected chi connectivity index (χ3v) is 2.66. The van der Waals surface area contributed by atoms with Crippen LogP contribution in [-0.2, 0) is 0 Å². The molecule has 66 valence electrons. The molecule has 0 atom stereocenters. The molecule has 2 N–H and O–H groups in total. The Morgan fingerprint density at radius 3 is 2.92 bits per heavy atom. The van der Waals surface area contributed by atoms with Crippen molar-refractivity contribution in [2.75, 3.05) is 6.54 Å². The first-order chi connectivity index (χ1) is 5.74. The molecule has 12 heavy (non-hydrogen) atoms. The average molecular weight is 181 g/mol. The van der Waals surface area contributed by atoms with Gasteiger partial charge in [0.1, 0.15) is 0 Å². The minimum atomic E-state index is 0.737. The number of rotatable bonds is 3. The summed E-state index contributed by atoms with van der Waals surface area (Å²) in [6, 6.07) is 2.22. The van der Waals surface area contributed by atoms with Gasteiger partial charge in [0.15, 0.2) is 0 Å². The Bertz CT molecular complexity index is 273. The molecule has 0 unspecified atom stereocenters. The van der Waals surface area contributed by atoms with Crippen LogP contribution in [0.4, 0.5) is 0 Å². The predicted octanol–water partition coefficient (Wildman–Crippen LogP) is 2.81. The summed E-state index contributed by atoms with van der Waals surface area (Å²) in [7, 11) is 0. The largest absolute Gasteiger partial charge is 0.330 e. The fourth-order valence-electron chi connectivity index (χ4n) is 1.07. The second-order valence-electron chi connectivity index (χ2n) is 2.91. The highest BCUT2D eigenvalue weighted by atomic mass is 32.1. The highest BCUT2D eigenvalue weighted by Crippen LogP contribution is 2.20. The van der Waals surface area contributed by atoms with Crippen molar-refractivity contribution in [2.24, 2.45) is 5.73 Å². The van der Waals surface area contributed by atoms with Crippen molar-refractivity contribution in [3.8, 4) is 0 Å². The minimum absolute atomic E-state index is 0.737. The number of hydrogen-bond acceptors (Lipinski definition) is 2. The molecule has 0 saturated carbocycles. The van der Waals surface area contributed by atoms with Gasteiger partial charge in [-0.25, -0.2) is 0 Å². The molecule has 0 aliphatic heterocycles. The van der Waals surface area contributed by atoms with Crippen LogP contribution < -0.4 is 5.73 Å². The summed E-state index contributed by atoms with van der Waals surface area (Å²) < 4.78 is 0. The van der Waals surface area contributed by atoms with Crippen LogP contribution in [0, 0.1) is 6.92 Å². The summed E-state index contributed by atoms with van der Waals surface area (Å²) in [5.41, 5.74) is 8.09. The smallest absolute Gasteiger partial charge is 0.00204 e. The summed E-state index contributed by atoms with van der Waals surface area (Å²) in [5, 5.41) is 2.19. The van der Waals surface area contributed by atoms with Gasteiger partial charge in [-0.2, -0.15) is 0 Å². The van der Waals surface area contributed by atoms with Gasteiger partial charge in [-0.15, -0.1) is 11.3 Å². The van der Waals surface area contributed by atoms with Gasteiger partial charge in [0, 0.05) is 4.88 Å². The summed E-state index contributed by atoms with van der Waals surface area (Å²) in [6.07, 6.45) is 3.17. The maximum Gasteiger partial charge on any atom is 0.00204 e. The Morgan fingerprint density at radius 2 is 2.42 bits per heavy atom. The second kappa shape index (κ2) is 4.43. The van der Waals surface area contributed by atoms with Crippen LogP contribution in [0.1, 0.15) is 23.8 Å². The molecule has 0 aromatic carbocycles. The molecule has 0 saturated heterocycles. The van der Waals surface area contributed by atoms with Gasteiger partial charge >= 0.3 is 0 Å². The number of aryl methyl sites for hydroxylation is 1. The molecule has 1 aromatic heterocycles. The Morgan fingerprint density at radius 1 is 1.67 bits per heavy atom. The van der Waals surface area contributed by atoms with Gasteiger partial charge in [-0.1, -0.05) is 6.08 Å². The van der Waals surface area contributed by atoms with Gasteiger partial charge in [0.2, 0.25) is 0 Å². The third-order valence-electron chi connectivity index (χ3n) is 1.80. The first-order valence-electron chi connectivity index (χ1n) is 4.16. The highest BCUT2D eigenvalue weighted by molar-refractivity contribution is 7.10. The Hall–Kier alpha value is -0.600. The lowest BCUT2D eigenvalue weighted by Crippen LogP contribution is -1.95. The van der Waals surface area contributed by atoms with Crippen molar-refractivity contribution in [1.29, 1.82) is 0 Å². The predicted molar refractivity (Wildman–Crippen MR) is 56.4 cm³/mol. The Kier molecular flexibility index (Phi) is 3.50. The molecule has 0 fully saturated rings. The van der Waals surface area contributed by atoms with Crippen LogP contribution in [0.5, 0.6) is 0 Å². The quantitative estimate of drug-likeness (QED) is 0.762. The van der Waals surface area contributed by atoms with Crippen molar-refractivity contribution in [3.05, 3.63) is 28.0 Å². The lowest BCUT2D eigenvalue weighted by atomic mass is 10.1. The highest BCUT2D eigenvalue weighted by Gasteiger charge is 1.96. The van der Waals surface area contributed by atoms with E-state index in [0.29, 0.717) is 0 Å². The zero-order valence-corrected chi connectivity index (χ0v) is 8.45. The van der Waals surface area contributed by atoms with Crippen LogP contribution in [0.15, 0.2) is 17.5 Å². The summed E-state index contributed by atoms with van der Waals surface area (Å²) >= 11 is 1.79. The number of allylic oxidation sites excluding steroid dienone is 1. The van der Waals surface area contributed by atoms with E-state index in [0.717, 1.165) is 13.0 Å². The zero-order chi connectivity index (χ0) is 8.97. The fourth-order valence-corrected chi connectivity index (χ4v) is 1.83. The van der Waals surface area contributed by atoms with Crippen LogP contribution in [0.3, 0.4) is 0 Å². The monoisotopic (exact) mass is 181 g/mol. The normalized spacial score (nSPS) is 12.1. The molecule has 1 nitrogen and oxygen atoms in total. The maximum atomic E-state index is 5.42. The molecule has 0 aliphatic rings. The third kappa shape index (κ3) is 2.47. The number of hydrogen-bond donors (Lipinski definition) is 1.